The van der Waals surface area contributed by atoms with Gasteiger partial charge in [-0.25, -0.2) is 9.78 Å². The number of esters is 1. The smallest absolute Gasteiger partial charge is 0.418 e. The van der Waals surface area contributed by atoms with Crippen molar-refractivity contribution in [2.24, 2.45) is 10.2 Å². The Morgan fingerprint density at radius 1 is 1.25 bits per heavy atom. The van der Waals surface area contributed by atoms with E-state index in [1.807, 2.05) is 6.07 Å². The average molecular weight is 499 g/mol. The van der Waals surface area contributed by atoms with E-state index >= 15 is 0 Å². The lowest BCUT2D eigenvalue weighted by Gasteiger charge is -2.13. The van der Waals surface area contributed by atoms with Gasteiger partial charge >= 0.3 is 12.1 Å². The molecule has 0 aliphatic rings. The van der Waals surface area contributed by atoms with Crippen molar-refractivity contribution in [3.05, 3.63) is 74.8 Å². The number of carbonyl (C=O) groups is 1. The van der Waals surface area contributed by atoms with Crippen LogP contribution in [0.3, 0.4) is 0 Å². The highest BCUT2D eigenvalue weighted by Crippen LogP contribution is 2.40. The number of anilines is 3. The highest BCUT2D eigenvalue weighted by atomic mass is 19.4. The molecule has 0 amide bonds. The van der Waals surface area contributed by atoms with E-state index in [4.69, 9.17) is 5.73 Å². The maximum atomic E-state index is 13.4. The molecule has 0 aliphatic carbocycles. The van der Waals surface area contributed by atoms with Crippen molar-refractivity contribution in [2.45, 2.75) is 13.1 Å². The number of carbonyl (C=O) groups excluding carboxylic acids is 1. The molecule has 0 fully saturated rings. The summed E-state index contributed by atoms with van der Waals surface area (Å²) in [7, 11) is 1.23. The molecule has 3 aromatic rings. The lowest BCUT2D eigenvalue weighted by atomic mass is 10.1. The number of hydrogen-bond donors (Lipinski definition) is 2. The number of benzene rings is 2. The number of alkyl halides is 3. The minimum atomic E-state index is -4.94. The molecule has 0 radical (unpaired) electrons. The van der Waals surface area contributed by atoms with E-state index in [0.29, 0.717) is 11.8 Å². The third-order valence-corrected chi connectivity index (χ3v) is 4.85. The molecule has 36 heavy (non-hydrogen) atoms. The van der Waals surface area contributed by atoms with Crippen LogP contribution in [-0.4, -0.2) is 23.0 Å². The summed E-state index contributed by atoms with van der Waals surface area (Å²) in [6.07, 6.45) is -4.94. The number of methoxy groups -OCH3 is 1. The van der Waals surface area contributed by atoms with E-state index < -0.39 is 34.0 Å². The van der Waals surface area contributed by atoms with Crippen molar-refractivity contribution in [1.29, 1.82) is 5.26 Å². The average Bonchev–Trinajstić information content (AvgIpc) is 2.83. The molecular formula is C22H16F3N7O4. The number of nitrogen functional groups attached to an aromatic ring is 1. The molecule has 0 unspecified atom stereocenters. The van der Waals surface area contributed by atoms with Crippen LogP contribution in [-0.2, 0) is 10.9 Å². The molecule has 0 aliphatic heterocycles. The Bertz CT molecular complexity index is 1430. The Hall–Kier alpha value is -5.06. The van der Waals surface area contributed by atoms with Gasteiger partial charge in [0, 0.05) is 23.4 Å². The summed E-state index contributed by atoms with van der Waals surface area (Å²) in [6, 6.07) is 10.1. The number of ether oxygens (including phenoxy) is 1. The summed E-state index contributed by atoms with van der Waals surface area (Å²) < 4.78 is 44.9. The van der Waals surface area contributed by atoms with Crippen molar-refractivity contribution in [3.63, 3.8) is 0 Å². The number of rotatable bonds is 6. The van der Waals surface area contributed by atoms with Gasteiger partial charge in [0.1, 0.15) is 11.8 Å². The van der Waals surface area contributed by atoms with Crippen LogP contribution in [0.25, 0.3) is 0 Å². The zero-order valence-corrected chi connectivity index (χ0v) is 18.6. The third-order valence-electron chi connectivity index (χ3n) is 4.85. The molecule has 0 spiro atoms. The number of nitro benzene ring substituents is 1. The second kappa shape index (κ2) is 10.1. The van der Waals surface area contributed by atoms with Crippen LogP contribution in [0.5, 0.6) is 0 Å². The molecule has 0 atom stereocenters. The van der Waals surface area contributed by atoms with Crippen LogP contribution in [0.2, 0.25) is 0 Å². The highest BCUT2D eigenvalue weighted by Gasteiger charge is 2.35. The second-order valence-corrected chi connectivity index (χ2v) is 7.16. The number of non-ortho nitro benzene ring substituents is 1. The molecule has 3 rings (SSSR count). The largest absolute Gasteiger partial charge is 0.465 e. The molecule has 1 aromatic heterocycles. The minimum absolute atomic E-state index is 0.0137. The first-order chi connectivity index (χ1) is 17.0. The fraction of sp³-hybridized carbons (Fsp3) is 0.136. The van der Waals surface area contributed by atoms with Crippen LogP contribution >= 0.6 is 0 Å². The van der Waals surface area contributed by atoms with Crippen molar-refractivity contribution in [1.82, 2.24) is 4.98 Å². The van der Waals surface area contributed by atoms with E-state index in [1.54, 1.807) is 12.1 Å². The van der Waals surface area contributed by atoms with E-state index in [-0.39, 0.29) is 34.0 Å². The minimum Gasteiger partial charge on any atom is -0.465 e. The van der Waals surface area contributed by atoms with E-state index in [9.17, 15) is 33.3 Å². The van der Waals surface area contributed by atoms with E-state index in [2.05, 4.69) is 25.3 Å². The van der Waals surface area contributed by atoms with Gasteiger partial charge in [-0.2, -0.15) is 18.4 Å². The number of nitriles is 1. The summed E-state index contributed by atoms with van der Waals surface area (Å²) in [5.74, 6) is -0.819. The number of halogens is 3. The van der Waals surface area contributed by atoms with Gasteiger partial charge in [0.05, 0.1) is 34.4 Å². The molecule has 14 heteroatoms. The molecule has 11 nitrogen and oxygen atoms in total. The van der Waals surface area contributed by atoms with Crippen LogP contribution in [0.4, 0.5) is 47.6 Å². The quantitative estimate of drug-likeness (QED) is 0.188. The van der Waals surface area contributed by atoms with Gasteiger partial charge in [-0.1, -0.05) is 6.07 Å². The predicted molar refractivity (Wildman–Crippen MR) is 121 cm³/mol. The number of nitro groups is 1. The molecule has 0 saturated heterocycles. The number of pyridine rings is 1. The topological polar surface area (TPSA) is 169 Å². The van der Waals surface area contributed by atoms with Crippen molar-refractivity contribution < 1.29 is 27.6 Å². The van der Waals surface area contributed by atoms with E-state index in [0.717, 1.165) is 12.1 Å². The van der Waals surface area contributed by atoms with Crippen molar-refractivity contribution >= 4 is 40.4 Å². The number of nitrogens with one attached hydrogen (secondary N) is 1. The molecule has 0 saturated carbocycles. The summed E-state index contributed by atoms with van der Waals surface area (Å²) >= 11 is 0. The SMILES string of the molecule is COC(=O)c1cccc(Nc2nc(N)c(N=Nc3ccc([N+](=O)[O-])cc3C(F)(F)F)c(C)c2C#N)c1. The lowest BCUT2D eigenvalue weighted by Crippen LogP contribution is -2.06. The first-order valence-electron chi connectivity index (χ1n) is 9.89. The molecular weight excluding hydrogens is 483 g/mol. The molecule has 1 heterocycles. The van der Waals surface area contributed by atoms with Gasteiger partial charge in [-0.3, -0.25) is 10.1 Å². The number of nitrogens with two attached hydrogens (primary N) is 1. The maximum Gasteiger partial charge on any atom is 0.418 e. The normalized spacial score (nSPS) is 11.2. The van der Waals surface area contributed by atoms with Gasteiger partial charge < -0.3 is 15.8 Å². The zero-order chi connectivity index (χ0) is 26.6. The summed E-state index contributed by atoms with van der Waals surface area (Å²) in [4.78, 5) is 25.7. The molecule has 2 aromatic carbocycles. The number of nitrogens with zero attached hydrogens (tertiary/aromatic N) is 5. The first-order valence-corrected chi connectivity index (χ1v) is 9.89. The maximum absolute atomic E-state index is 13.4. The van der Waals surface area contributed by atoms with Crippen molar-refractivity contribution in [3.8, 4) is 6.07 Å². The highest BCUT2D eigenvalue weighted by molar-refractivity contribution is 5.90. The summed E-state index contributed by atoms with van der Waals surface area (Å²) in [5.41, 5.74) is 3.73. The standard InChI is InChI=1S/C22H16F3N7O4/c1-11-15(10-26)20(28-13-5-3-4-12(8-13)21(33)36-2)29-19(27)18(11)31-30-17-7-6-14(32(34)35)9-16(17)22(23,24)25/h3-9H,1-2H3,(H3,27,28,29). The molecule has 3 N–H and O–H groups in total. The van der Waals surface area contributed by atoms with Crippen LogP contribution in [0.15, 0.2) is 52.7 Å². The monoisotopic (exact) mass is 499 g/mol. The lowest BCUT2D eigenvalue weighted by molar-refractivity contribution is -0.385. The van der Waals surface area contributed by atoms with Gasteiger partial charge in [0.25, 0.3) is 5.69 Å². The fourth-order valence-electron chi connectivity index (χ4n) is 3.11. The third kappa shape index (κ3) is 5.36. The Morgan fingerprint density at radius 2 is 1.97 bits per heavy atom. The number of azo groups is 1. The van der Waals surface area contributed by atoms with Gasteiger partial charge in [-0.15, -0.1) is 10.2 Å². The van der Waals surface area contributed by atoms with Crippen LogP contribution in [0.1, 0.15) is 27.0 Å². The van der Waals surface area contributed by atoms with Gasteiger partial charge in [0.15, 0.2) is 11.6 Å². The molecule has 184 valence electrons. The summed E-state index contributed by atoms with van der Waals surface area (Å²) in [5, 5.41) is 30.7. The zero-order valence-electron chi connectivity index (χ0n) is 18.6. The van der Waals surface area contributed by atoms with Crippen molar-refractivity contribution in [2.75, 3.05) is 18.2 Å². The number of aromatic nitrogens is 1. The Kier molecular flexibility index (Phi) is 7.14. The van der Waals surface area contributed by atoms with Gasteiger partial charge in [-0.05, 0) is 31.2 Å². The Morgan fingerprint density at radius 3 is 2.58 bits per heavy atom. The Labute approximate surface area is 201 Å². The first kappa shape index (κ1) is 25.6. The second-order valence-electron chi connectivity index (χ2n) is 7.16. The van der Waals surface area contributed by atoms with E-state index in [1.165, 1.54) is 26.2 Å². The number of hydrogen-bond acceptors (Lipinski definition) is 10. The Balaban J connectivity index is 2.03. The molecule has 0 bridgehead atoms. The fourth-order valence-corrected chi connectivity index (χ4v) is 3.11. The predicted octanol–water partition coefficient (Wildman–Crippen LogP) is 5.72. The van der Waals surface area contributed by atoms with Crippen LogP contribution < -0.4 is 11.1 Å². The summed E-state index contributed by atoms with van der Waals surface area (Å²) in [6.45, 7) is 1.45. The van der Waals surface area contributed by atoms with Gasteiger partial charge in [0.2, 0.25) is 0 Å². The van der Waals surface area contributed by atoms with Crippen LogP contribution in [0, 0.1) is 28.4 Å².